The summed E-state index contributed by atoms with van der Waals surface area (Å²) in [7, 11) is 2.16. The first-order chi connectivity index (χ1) is 9.78. The molecule has 0 saturated carbocycles. The summed E-state index contributed by atoms with van der Waals surface area (Å²) >= 11 is 0.333. The molecule has 0 spiro atoms. The fraction of sp³-hybridized carbons (Fsp3) is 0.294. The molecule has 0 amide bonds. The first kappa shape index (κ1) is 13.7. The topological polar surface area (TPSA) is 3.24 Å². The smallest absolute Gasteiger partial charge is 0.0812 e. The Hall–Kier alpha value is -1.32. The highest BCUT2D eigenvalue weighted by Gasteiger charge is 2.22. The lowest BCUT2D eigenvalue weighted by Gasteiger charge is -2.22. The van der Waals surface area contributed by atoms with Crippen LogP contribution in [0.4, 0.5) is 3.89 Å². The van der Waals surface area contributed by atoms with Gasteiger partial charge in [0, 0.05) is 23.9 Å². The van der Waals surface area contributed by atoms with Crippen molar-refractivity contribution < 1.29 is 3.89 Å². The predicted molar refractivity (Wildman–Crippen MR) is 82.9 cm³/mol. The molecule has 20 heavy (non-hydrogen) atoms. The second-order valence-corrected chi connectivity index (χ2v) is 6.04. The number of fused-ring (bicyclic) bond motifs is 1. The summed E-state index contributed by atoms with van der Waals surface area (Å²) in [5.74, 6) is 0.373. The van der Waals surface area contributed by atoms with Gasteiger partial charge in [0.15, 0.2) is 0 Å². The molecule has 2 aromatic carbocycles. The molecular weight excluding hydrogens is 269 g/mol. The third-order valence-corrected chi connectivity index (χ3v) is 4.47. The first-order valence-electron chi connectivity index (χ1n) is 6.93. The third kappa shape index (κ3) is 2.74. The normalized spacial score (nSPS) is 19.4. The van der Waals surface area contributed by atoms with Crippen LogP contribution < -0.4 is 0 Å². The number of hydrogen-bond acceptors (Lipinski definition) is 2. The Kier molecular flexibility index (Phi) is 4.08. The van der Waals surface area contributed by atoms with E-state index in [9.17, 15) is 3.89 Å². The Labute approximate surface area is 124 Å². The van der Waals surface area contributed by atoms with E-state index in [1.54, 1.807) is 0 Å². The van der Waals surface area contributed by atoms with Gasteiger partial charge in [0.05, 0.1) is 12.1 Å². The van der Waals surface area contributed by atoms with Gasteiger partial charge in [-0.1, -0.05) is 36.4 Å². The van der Waals surface area contributed by atoms with E-state index in [0.29, 0.717) is 23.0 Å². The average molecular weight is 287 g/mol. The first-order valence-corrected chi connectivity index (χ1v) is 7.64. The molecule has 1 atom stereocenters. The van der Waals surface area contributed by atoms with Crippen molar-refractivity contribution in [2.24, 2.45) is 0 Å². The number of hydrogen-bond donors (Lipinski definition) is 0. The summed E-state index contributed by atoms with van der Waals surface area (Å²) in [6.45, 7) is 2.04. The van der Waals surface area contributed by atoms with Crippen LogP contribution in [0.1, 0.15) is 22.6 Å². The van der Waals surface area contributed by atoms with Crippen molar-refractivity contribution in [1.29, 1.82) is 0 Å². The molecule has 1 aliphatic heterocycles. The van der Waals surface area contributed by atoms with Gasteiger partial charge in [-0.3, -0.25) is 0 Å². The molecule has 2 aromatic rings. The molecule has 0 saturated heterocycles. The fourth-order valence-electron chi connectivity index (χ4n) is 2.97. The van der Waals surface area contributed by atoms with E-state index >= 15 is 0 Å². The van der Waals surface area contributed by atoms with Gasteiger partial charge >= 0.3 is 0 Å². The van der Waals surface area contributed by atoms with Crippen molar-refractivity contribution in [2.75, 3.05) is 20.1 Å². The van der Waals surface area contributed by atoms with Crippen LogP contribution in [0.15, 0.2) is 53.4 Å². The number of benzene rings is 2. The second-order valence-electron chi connectivity index (χ2n) is 5.41. The second kappa shape index (κ2) is 5.98. The van der Waals surface area contributed by atoms with E-state index in [0.717, 1.165) is 19.5 Å². The fourth-order valence-corrected chi connectivity index (χ4v) is 3.28. The van der Waals surface area contributed by atoms with E-state index in [-0.39, 0.29) is 0 Å². The lowest BCUT2D eigenvalue weighted by atomic mass is 9.88. The Balaban J connectivity index is 2.06. The van der Waals surface area contributed by atoms with E-state index in [1.165, 1.54) is 16.7 Å². The van der Waals surface area contributed by atoms with Crippen molar-refractivity contribution in [3.63, 3.8) is 0 Å². The van der Waals surface area contributed by atoms with E-state index in [1.807, 2.05) is 18.2 Å². The maximum atomic E-state index is 12.8. The highest BCUT2D eigenvalue weighted by molar-refractivity contribution is 7.94. The molecule has 0 radical (unpaired) electrons. The lowest BCUT2D eigenvalue weighted by molar-refractivity contribution is 0.338. The van der Waals surface area contributed by atoms with Gasteiger partial charge in [-0.05, 0) is 42.3 Å². The van der Waals surface area contributed by atoms with Crippen LogP contribution in [0.5, 0.6) is 0 Å². The van der Waals surface area contributed by atoms with Gasteiger partial charge in [0.25, 0.3) is 0 Å². The van der Waals surface area contributed by atoms with Crippen molar-refractivity contribution in [1.82, 2.24) is 4.90 Å². The van der Waals surface area contributed by atoms with E-state index in [2.05, 4.69) is 42.3 Å². The van der Waals surface area contributed by atoms with Crippen molar-refractivity contribution in [3.05, 3.63) is 65.2 Å². The number of nitrogens with zero attached hydrogens (tertiary/aromatic N) is 1. The largest absolute Gasteiger partial charge is 0.305 e. The summed E-state index contributed by atoms with van der Waals surface area (Å²) in [6, 6.07) is 16.6. The molecule has 0 bridgehead atoms. The van der Waals surface area contributed by atoms with Gasteiger partial charge in [0.2, 0.25) is 0 Å². The number of likely N-dealkylation sites (N-methyl/N-ethyl adjacent to an activating group) is 1. The standard InChI is InChI=1S/C17H18FNS/c1-19-10-9-14-11-15(20-18)7-8-16(14)17(12-19)13-5-3-2-4-6-13/h2-8,11,17H,9-10,12H2,1H3. The molecule has 104 valence electrons. The number of rotatable bonds is 2. The van der Waals surface area contributed by atoms with Gasteiger partial charge < -0.3 is 4.90 Å². The van der Waals surface area contributed by atoms with Crippen LogP contribution in [0.3, 0.4) is 0 Å². The minimum Gasteiger partial charge on any atom is -0.305 e. The minimum atomic E-state index is 0.333. The highest BCUT2D eigenvalue weighted by atomic mass is 32.2. The average Bonchev–Trinajstić information content (AvgIpc) is 2.67. The summed E-state index contributed by atoms with van der Waals surface area (Å²) in [4.78, 5) is 3.07. The summed E-state index contributed by atoms with van der Waals surface area (Å²) in [5, 5.41) is 0. The molecule has 0 N–H and O–H groups in total. The third-order valence-electron chi connectivity index (χ3n) is 4.04. The lowest BCUT2D eigenvalue weighted by Crippen LogP contribution is -2.24. The van der Waals surface area contributed by atoms with Gasteiger partial charge in [-0.15, -0.1) is 0 Å². The molecule has 1 unspecified atom stereocenters. The van der Waals surface area contributed by atoms with Crippen molar-refractivity contribution in [2.45, 2.75) is 17.2 Å². The Morgan fingerprint density at radius 1 is 1.15 bits per heavy atom. The van der Waals surface area contributed by atoms with Crippen LogP contribution in [-0.2, 0) is 6.42 Å². The van der Waals surface area contributed by atoms with Gasteiger partial charge in [0.1, 0.15) is 0 Å². The van der Waals surface area contributed by atoms with Crippen LogP contribution in [-0.4, -0.2) is 25.0 Å². The SMILES string of the molecule is CN1CCc2cc(SF)ccc2C(c2ccccc2)C1. The van der Waals surface area contributed by atoms with Crippen molar-refractivity contribution in [3.8, 4) is 0 Å². The molecule has 1 heterocycles. The molecule has 1 aliphatic rings. The van der Waals surface area contributed by atoms with Crippen LogP contribution in [0, 0.1) is 0 Å². The minimum absolute atomic E-state index is 0.333. The summed E-state index contributed by atoms with van der Waals surface area (Å²) in [5.41, 5.74) is 3.97. The van der Waals surface area contributed by atoms with Crippen LogP contribution in [0.25, 0.3) is 0 Å². The molecule has 3 rings (SSSR count). The number of halogens is 1. The Bertz CT molecular complexity index is 585. The predicted octanol–water partition coefficient (Wildman–Crippen LogP) is 4.28. The van der Waals surface area contributed by atoms with E-state index < -0.39 is 0 Å². The maximum Gasteiger partial charge on any atom is 0.0812 e. The zero-order chi connectivity index (χ0) is 13.9. The summed E-state index contributed by atoms with van der Waals surface area (Å²) in [6.07, 6.45) is 0.990. The molecule has 0 aliphatic carbocycles. The maximum absolute atomic E-state index is 12.8. The van der Waals surface area contributed by atoms with Gasteiger partial charge in [-0.2, -0.15) is 3.89 Å². The highest BCUT2D eigenvalue weighted by Crippen LogP contribution is 2.33. The zero-order valence-corrected chi connectivity index (χ0v) is 12.4. The molecular formula is C17H18FNS. The van der Waals surface area contributed by atoms with Gasteiger partial charge in [-0.25, -0.2) is 0 Å². The van der Waals surface area contributed by atoms with E-state index in [4.69, 9.17) is 0 Å². The monoisotopic (exact) mass is 287 g/mol. The molecule has 3 heteroatoms. The molecule has 0 fully saturated rings. The quantitative estimate of drug-likeness (QED) is 0.811. The van der Waals surface area contributed by atoms with Crippen LogP contribution >= 0.6 is 12.1 Å². The molecule has 0 aromatic heterocycles. The Morgan fingerprint density at radius 2 is 1.95 bits per heavy atom. The van der Waals surface area contributed by atoms with Crippen molar-refractivity contribution >= 4 is 12.1 Å². The van der Waals surface area contributed by atoms with Crippen LogP contribution in [0.2, 0.25) is 0 Å². The Morgan fingerprint density at radius 3 is 2.70 bits per heavy atom. The summed E-state index contributed by atoms with van der Waals surface area (Å²) < 4.78 is 12.8. The molecule has 1 nitrogen and oxygen atoms in total. The zero-order valence-electron chi connectivity index (χ0n) is 11.6.